The Morgan fingerprint density at radius 3 is 2.36 bits per heavy atom. The Bertz CT molecular complexity index is 908. The lowest BCUT2D eigenvalue weighted by Crippen LogP contribution is -2.33. The zero-order valence-corrected chi connectivity index (χ0v) is 18.2. The molecule has 1 aromatic carbocycles. The van der Waals surface area contributed by atoms with Crippen molar-refractivity contribution in [2.24, 2.45) is 0 Å². The van der Waals surface area contributed by atoms with E-state index in [1.807, 2.05) is 0 Å². The predicted molar refractivity (Wildman–Crippen MR) is 113 cm³/mol. The normalized spacial score (nSPS) is 11.5. The number of amides is 1. The number of nitrogens with two attached hydrogens (primary N) is 1. The van der Waals surface area contributed by atoms with E-state index in [-0.39, 0.29) is 27.9 Å². The lowest BCUT2D eigenvalue weighted by molar-refractivity contribution is -0.118. The molecule has 0 spiro atoms. The van der Waals surface area contributed by atoms with Crippen molar-refractivity contribution in [2.75, 3.05) is 18.1 Å². The Morgan fingerprint density at radius 2 is 1.79 bits per heavy atom. The van der Waals surface area contributed by atoms with Crippen molar-refractivity contribution < 1.29 is 4.79 Å². The highest BCUT2D eigenvalue weighted by atomic mass is 32.2. The van der Waals surface area contributed by atoms with E-state index in [1.54, 1.807) is 0 Å². The average molecular weight is 404 g/mol. The van der Waals surface area contributed by atoms with Gasteiger partial charge in [-0.2, -0.15) is 4.68 Å². The number of nitrogens with zero attached hydrogens (tertiary/aromatic N) is 3. The third-order valence-electron chi connectivity index (χ3n) is 4.61. The summed E-state index contributed by atoms with van der Waals surface area (Å²) in [6, 6.07) is 4.47. The van der Waals surface area contributed by atoms with Crippen LogP contribution in [0.2, 0.25) is 0 Å². The van der Waals surface area contributed by atoms with Crippen molar-refractivity contribution in [1.29, 1.82) is 0 Å². The highest BCUT2D eigenvalue weighted by molar-refractivity contribution is 7.99. The summed E-state index contributed by atoms with van der Waals surface area (Å²) in [5, 5.41) is 10.7. The molecule has 0 saturated carbocycles. The van der Waals surface area contributed by atoms with Gasteiger partial charge in [-0.1, -0.05) is 44.7 Å². The molecular formula is C20H29N5O2S. The Morgan fingerprint density at radius 1 is 1.18 bits per heavy atom. The topological polar surface area (TPSA) is 103 Å². The SMILES string of the molecule is Cc1cc(C(C)(C)C)cc(C)c1CCNC(=O)CSc1nnc(C)c(=O)n1N. The van der Waals surface area contributed by atoms with Crippen molar-refractivity contribution in [1.82, 2.24) is 20.2 Å². The van der Waals surface area contributed by atoms with Crippen molar-refractivity contribution in [3.8, 4) is 0 Å². The first-order valence-electron chi connectivity index (χ1n) is 9.22. The summed E-state index contributed by atoms with van der Waals surface area (Å²) in [7, 11) is 0. The molecular weight excluding hydrogens is 374 g/mol. The fourth-order valence-corrected chi connectivity index (χ4v) is 3.58. The van der Waals surface area contributed by atoms with E-state index in [9.17, 15) is 9.59 Å². The molecule has 7 nitrogen and oxygen atoms in total. The summed E-state index contributed by atoms with van der Waals surface area (Å²) < 4.78 is 0.920. The number of aromatic nitrogens is 3. The number of carbonyl (C=O) groups is 1. The maximum atomic E-state index is 12.1. The van der Waals surface area contributed by atoms with E-state index >= 15 is 0 Å². The summed E-state index contributed by atoms with van der Waals surface area (Å²) in [4.78, 5) is 23.9. The molecule has 1 aromatic heterocycles. The van der Waals surface area contributed by atoms with E-state index < -0.39 is 5.56 Å². The number of thioether (sulfide) groups is 1. The molecule has 1 amide bonds. The molecule has 0 aliphatic rings. The van der Waals surface area contributed by atoms with Crippen LogP contribution in [0.15, 0.2) is 22.1 Å². The molecule has 3 N–H and O–H groups in total. The van der Waals surface area contributed by atoms with Crippen molar-refractivity contribution in [3.63, 3.8) is 0 Å². The first kappa shape index (κ1) is 21.9. The molecule has 0 atom stereocenters. The Balaban J connectivity index is 1.91. The molecule has 0 aliphatic carbocycles. The van der Waals surface area contributed by atoms with E-state index in [0.717, 1.165) is 22.9 Å². The van der Waals surface area contributed by atoms with Crippen LogP contribution < -0.4 is 16.7 Å². The number of hydrogen-bond donors (Lipinski definition) is 2. The molecule has 0 radical (unpaired) electrons. The molecule has 2 rings (SSSR count). The van der Waals surface area contributed by atoms with Crippen LogP contribution in [-0.4, -0.2) is 33.1 Å². The third kappa shape index (κ3) is 5.34. The van der Waals surface area contributed by atoms with Crippen LogP contribution in [0.5, 0.6) is 0 Å². The second kappa shape index (κ2) is 8.77. The molecule has 0 unspecified atom stereocenters. The smallest absolute Gasteiger partial charge is 0.294 e. The van der Waals surface area contributed by atoms with Crippen molar-refractivity contribution in [3.05, 3.63) is 50.4 Å². The number of nitrogens with one attached hydrogen (secondary N) is 1. The molecule has 8 heteroatoms. The van der Waals surface area contributed by atoms with Crippen LogP contribution in [0.25, 0.3) is 0 Å². The lowest BCUT2D eigenvalue weighted by Gasteiger charge is -2.22. The zero-order valence-electron chi connectivity index (χ0n) is 17.4. The van der Waals surface area contributed by atoms with Gasteiger partial charge in [0.05, 0.1) is 5.75 Å². The molecule has 2 aromatic rings. The summed E-state index contributed by atoms with van der Waals surface area (Å²) >= 11 is 1.09. The molecule has 152 valence electrons. The van der Waals surface area contributed by atoms with Gasteiger partial charge >= 0.3 is 0 Å². The standard InChI is InChI=1S/C20H29N5O2S/c1-12-9-15(20(4,5)6)10-13(2)16(12)7-8-22-17(26)11-28-19-24-23-14(3)18(27)25(19)21/h9-10H,7-8,11,21H2,1-6H3,(H,22,26). The largest absolute Gasteiger partial charge is 0.355 e. The second-order valence-electron chi connectivity index (χ2n) is 7.97. The van der Waals surface area contributed by atoms with Crippen molar-refractivity contribution >= 4 is 17.7 Å². The minimum Gasteiger partial charge on any atom is -0.355 e. The lowest BCUT2D eigenvalue weighted by atomic mass is 9.83. The van der Waals surface area contributed by atoms with Crippen LogP contribution in [0.1, 0.15) is 48.7 Å². The first-order chi connectivity index (χ1) is 13.0. The molecule has 0 aliphatic heterocycles. The van der Waals surface area contributed by atoms with Gasteiger partial charge in [0.2, 0.25) is 11.1 Å². The van der Waals surface area contributed by atoms with Crippen LogP contribution >= 0.6 is 11.8 Å². The highest BCUT2D eigenvalue weighted by Gasteiger charge is 2.16. The van der Waals surface area contributed by atoms with Crippen LogP contribution in [-0.2, 0) is 16.6 Å². The summed E-state index contributed by atoms with van der Waals surface area (Å²) in [6.45, 7) is 12.9. The Labute approximate surface area is 170 Å². The average Bonchev–Trinajstić information content (AvgIpc) is 2.60. The minimum absolute atomic E-state index is 0.113. The molecule has 1 heterocycles. The van der Waals surface area contributed by atoms with Crippen LogP contribution in [0.4, 0.5) is 0 Å². The number of nitrogen functional groups attached to an aromatic ring is 1. The molecule has 0 bridgehead atoms. The summed E-state index contributed by atoms with van der Waals surface area (Å²) in [6.07, 6.45) is 0.768. The fourth-order valence-electron chi connectivity index (χ4n) is 2.90. The molecule has 28 heavy (non-hydrogen) atoms. The van der Waals surface area contributed by atoms with E-state index in [1.165, 1.54) is 29.2 Å². The maximum Gasteiger partial charge on any atom is 0.294 e. The van der Waals surface area contributed by atoms with Gasteiger partial charge in [-0.3, -0.25) is 9.59 Å². The highest BCUT2D eigenvalue weighted by Crippen LogP contribution is 2.27. The predicted octanol–water partition coefficient (Wildman–Crippen LogP) is 2.03. The van der Waals surface area contributed by atoms with E-state index in [2.05, 4.69) is 62.3 Å². The van der Waals surface area contributed by atoms with Gasteiger partial charge in [0.15, 0.2) is 0 Å². The van der Waals surface area contributed by atoms with E-state index in [0.29, 0.717) is 6.54 Å². The van der Waals surface area contributed by atoms with Crippen LogP contribution in [0, 0.1) is 20.8 Å². The maximum absolute atomic E-state index is 12.1. The van der Waals surface area contributed by atoms with Gasteiger partial charge < -0.3 is 11.2 Å². The van der Waals surface area contributed by atoms with Gasteiger partial charge in [0.1, 0.15) is 5.69 Å². The first-order valence-corrected chi connectivity index (χ1v) is 10.2. The van der Waals surface area contributed by atoms with E-state index in [4.69, 9.17) is 5.84 Å². The monoisotopic (exact) mass is 403 g/mol. The number of rotatable bonds is 6. The second-order valence-corrected chi connectivity index (χ2v) is 8.91. The number of aryl methyl sites for hydroxylation is 3. The van der Waals surface area contributed by atoms with Crippen LogP contribution in [0.3, 0.4) is 0 Å². The number of benzene rings is 1. The Hall–Kier alpha value is -2.35. The van der Waals surface area contributed by atoms with Gasteiger partial charge in [-0.05, 0) is 54.9 Å². The van der Waals surface area contributed by atoms with Gasteiger partial charge in [0.25, 0.3) is 5.56 Å². The van der Waals surface area contributed by atoms with Gasteiger partial charge in [0, 0.05) is 6.54 Å². The fraction of sp³-hybridized carbons (Fsp3) is 0.500. The minimum atomic E-state index is -0.414. The molecule has 0 saturated heterocycles. The quantitative estimate of drug-likeness (QED) is 0.565. The van der Waals surface area contributed by atoms with Crippen molar-refractivity contribution in [2.45, 2.75) is 58.5 Å². The number of hydrogen-bond acceptors (Lipinski definition) is 6. The van der Waals surface area contributed by atoms with Gasteiger partial charge in [-0.25, -0.2) is 0 Å². The van der Waals surface area contributed by atoms with Gasteiger partial charge in [-0.15, -0.1) is 10.2 Å². The Kier molecular flexibility index (Phi) is 6.87. The third-order valence-corrected chi connectivity index (χ3v) is 5.55. The summed E-state index contributed by atoms with van der Waals surface area (Å²) in [5.41, 5.74) is 5.00. The zero-order chi connectivity index (χ0) is 21.1. The number of carbonyl (C=O) groups excluding carboxylic acids is 1. The summed E-state index contributed by atoms with van der Waals surface area (Å²) in [5.74, 6) is 5.65. The molecule has 0 fully saturated rings.